The summed E-state index contributed by atoms with van der Waals surface area (Å²) in [7, 11) is 0. The van der Waals surface area contributed by atoms with Gasteiger partial charge in [0, 0.05) is 24.0 Å². The molecule has 0 radical (unpaired) electrons. The molecule has 0 saturated heterocycles. The van der Waals surface area contributed by atoms with Gasteiger partial charge in [0.2, 0.25) is 0 Å². The van der Waals surface area contributed by atoms with Crippen LogP contribution in [-0.4, -0.2) is 15.5 Å². The number of anilines is 2. The molecule has 3 N–H and O–H groups in total. The van der Waals surface area contributed by atoms with Crippen LogP contribution < -0.4 is 11.1 Å². The third-order valence-electron chi connectivity index (χ3n) is 2.45. The first kappa shape index (κ1) is 12.4. The average molecular weight is 265 g/mol. The second-order valence-corrected chi connectivity index (χ2v) is 4.19. The smallest absolute Gasteiger partial charge is 0.273 e. The molecule has 0 aliphatic rings. The lowest BCUT2D eigenvalue weighted by Gasteiger charge is -2.06. The topological polar surface area (TPSA) is 72.9 Å². The number of halogens is 1. The van der Waals surface area contributed by atoms with E-state index in [9.17, 15) is 4.79 Å². The van der Waals surface area contributed by atoms with Crippen molar-refractivity contribution in [3.63, 3.8) is 0 Å². The van der Waals surface area contributed by atoms with E-state index in [1.54, 1.807) is 29.0 Å². The average Bonchev–Trinajstić information content (AvgIpc) is 2.70. The largest absolute Gasteiger partial charge is 0.397 e. The molecule has 0 atom stereocenters. The molecule has 0 bridgehead atoms. The fourth-order valence-electron chi connectivity index (χ4n) is 1.64. The lowest BCUT2D eigenvalue weighted by molar-refractivity contribution is 0.101. The number of amides is 1. The quantitative estimate of drug-likeness (QED) is 0.894. The van der Waals surface area contributed by atoms with Crippen molar-refractivity contribution in [2.75, 3.05) is 11.1 Å². The lowest BCUT2D eigenvalue weighted by Crippen LogP contribution is -2.17. The molecule has 18 heavy (non-hydrogen) atoms. The maximum Gasteiger partial charge on any atom is 0.273 e. The van der Waals surface area contributed by atoms with Crippen LogP contribution in [0.3, 0.4) is 0 Å². The van der Waals surface area contributed by atoms with Gasteiger partial charge in [0.25, 0.3) is 5.91 Å². The Morgan fingerprint density at radius 3 is 3.00 bits per heavy atom. The molecule has 2 aromatic heterocycles. The second-order valence-electron chi connectivity index (χ2n) is 3.76. The number of nitrogens with one attached hydrogen (secondary N) is 1. The maximum atomic E-state index is 12.0. The lowest BCUT2D eigenvalue weighted by atomic mass is 10.3. The highest BCUT2D eigenvalue weighted by molar-refractivity contribution is 6.30. The van der Waals surface area contributed by atoms with Crippen molar-refractivity contribution in [2.24, 2.45) is 0 Å². The summed E-state index contributed by atoms with van der Waals surface area (Å²) in [6.07, 6.45) is 3.26. The van der Waals surface area contributed by atoms with Crippen LogP contribution in [0.25, 0.3) is 0 Å². The van der Waals surface area contributed by atoms with Crippen molar-refractivity contribution in [2.45, 2.75) is 13.5 Å². The minimum Gasteiger partial charge on any atom is -0.397 e. The first-order valence-electron chi connectivity index (χ1n) is 5.48. The third kappa shape index (κ3) is 2.62. The highest BCUT2D eigenvalue weighted by Gasteiger charge is 2.12. The Hall–Kier alpha value is -2.01. The van der Waals surface area contributed by atoms with Crippen molar-refractivity contribution < 1.29 is 4.79 Å². The molecule has 0 aliphatic carbocycles. The number of rotatable bonds is 3. The van der Waals surface area contributed by atoms with Crippen LogP contribution in [-0.2, 0) is 6.54 Å². The van der Waals surface area contributed by atoms with E-state index in [4.69, 9.17) is 17.3 Å². The molecule has 1 amide bonds. The number of hydrogen-bond acceptors (Lipinski definition) is 3. The molecule has 6 heteroatoms. The van der Waals surface area contributed by atoms with Crippen LogP contribution in [0.1, 0.15) is 17.4 Å². The number of nitrogen functional groups attached to an aromatic ring is 1. The van der Waals surface area contributed by atoms with Gasteiger partial charge in [0.05, 0.1) is 5.69 Å². The molecule has 0 unspecified atom stereocenters. The molecular formula is C12H13ClN4O. The zero-order valence-electron chi connectivity index (χ0n) is 9.85. The molecule has 5 nitrogen and oxygen atoms in total. The Labute approximate surface area is 110 Å². The monoisotopic (exact) mass is 264 g/mol. The summed E-state index contributed by atoms with van der Waals surface area (Å²) < 4.78 is 1.77. The molecule has 2 rings (SSSR count). The molecular weight excluding hydrogens is 252 g/mol. The number of nitrogens with zero attached hydrogens (tertiary/aromatic N) is 2. The number of carbonyl (C=O) groups is 1. The Morgan fingerprint density at radius 1 is 1.56 bits per heavy atom. The molecule has 94 valence electrons. The van der Waals surface area contributed by atoms with Crippen molar-refractivity contribution in [1.82, 2.24) is 9.55 Å². The zero-order valence-corrected chi connectivity index (χ0v) is 10.6. The molecule has 0 fully saturated rings. The van der Waals surface area contributed by atoms with Crippen LogP contribution >= 0.6 is 11.6 Å². The van der Waals surface area contributed by atoms with Crippen LogP contribution in [0.15, 0.2) is 30.6 Å². The van der Waals surface area contributed by atoms with Crippen LogP contribution in [0.4, 0.5) is 11.5 Å². The van der Waals surface area contributed by atoms with Crippen LogP contribution in [0.5, 0.6) is 0 Å². The van der Waals surface area contributed by atoms with E-state index in [0.717, 1.165) is 0 Å². The fraction of sp³-hybridized carbons (Fsp3) is 0.167. The Bertz CT molecular complexity index is 579. The number of carbonyl (C=O) groups excluding carboxylic acids is 1. The van der Waals surface area contributed by atoms with E-state index >= 15 is 0 Å². The number of pyridine rings is 1. The minimum atomic E-state index is -0.261. The Kier molecular flexibility index (Phi) is 3.53. The summed E-state index contributed by atoms with van der Waals surface area (Å²) in [4.78, 5) is 16.1. The standard InChI is InChI=1S/C12H13ClN4O/c1-2-17-7-9(14)6-10(17)12(18)16-11-5-8(13)3-4-15-11/h3-7H,2,14H2,1H3,(H,15,16,18). The normalized spacial score (nSPS) is 10.3. The van der Waals surface area contributed by atoms with Gasteiger partial charge in [-0.15, -0.1) is 0 Å². The van der Waals surface area contributed by atoms with Crippen LogP contribution in [0, 0.1) is 0 Å². The van der Waals surface area contributed by atoms with Gasteiger partial charge in [0.1, 0.15) is 11.5 Å². The van der Waals surface area contributed by atoms with Crippen molar-refractivity contribution in [3.05, 3.63) is 41.3 Å². The first-order chi connectivity index (χ1) is 8.60. The molecule has 0 aromatic carbocycles. The first-order valence-corrected chi connectivity index (χ1v) is 5.86. The van der Waals surface area contributed by atoms with Gasteiger partial charge >= 0.3 is 0 Å². The fourth-order valence-corrected chi connectivity index (χ4v) is 1.80. The van der Waals surface area contributed by atoms with Gasteiger partial charge < -0.3 is 15.6 Å². The summed E-state index contributed by atoms with van der Waals surface area (Å²) in [5, 5.41) is 3.20. The molecule has 0 aliphatic heterocycles. The Morgan fingerprint density at radius 2 is 2.33 bits per heavy atom. The van der Waals surface area contributed by atoms with E-state index < -0.39 is 0 Å². The van der Waals surface area contributed by atoms with E-state index in [0.29, 0.717) is 28.8 Å². The molecule has 2 heterocycles. The van der Waals surface area contributed by atoms with E-state index in [1.165, 1.54) is 6.20 Å². The third-order valence-corrected chi connectivity index (χ3v) is 2.69. The minimum absolute atomic E-state index is 0.261. The van der Waals surface area contributed by atoms with Crippen molar-refractivity contribution in [1.29, 1.82) is 0 Å². The second kappa shape index (κ2) is 5.10. The van der Waals surface area contributed by atoms with E-state index in [-0.39, 0.29) is 5.91 Å². The summed E-state index contributed by atoms with van der Waals surface area (Å²) in [5.41, 5.74) is 6.73. The summed E-state index contributed by atoms with van der Waals surface area (Å²) >= 11 is 5.82. The number of hydrogen-bond donors (Lipinski definition) is 2. The highest BCUT2D eigenvalue weighted by Crippen LogP contribution is 2.15. The van der Waals surface area contributed by atoms with Crippen molar-refractivity contribution >= 4 is 29.0 Å². The SMILES string of the molecule is CCn1cc(N)cc1C(=O)Nc1cc(Cl)ccn1. The summed E-state index contributed by atoms with van der Waals surface area (Å²) in [6.45, 7) is 2.61. The van der Waals surface area contributed by atoms with Crippen molar-refractivity contribution in [3.8, 4) is 0 Å². The van der Waals surface area contributed by atoms with Gasteiger partial charge in [-0.2, -0.15) is 0 Å². The summed E-state index contributed by atoms with van der Waals surface area (Å²) in [6, 6.07) is 4.86. The highest BCUT2D eigenvalue weighted by atomic mass is 35.5. The molecule has 0 saturated carbocycles. The molecule has 0 spiro atoms. The molecule has 2 aromatic rings. The van der Waals surface area contributed by atoms with Gasteiger partial charge in [-0.05, 0) is 25.1 Å². The van der Waals surface area contributed by atoms with Gasteiger partial charge in [0.15, 0.2) is 0 Å². The van der Waals surface area contributed by atoms with E-state index in [2.05, 4.69) is 10.3 Å². The van der Waals surface area contributed by atoms with Gasteiger partial charge in [-0.3, -0.25) is 4.79 Å². The Balaban J connectivity index is 2.21. The number of nitrogens with two attached hydrogens (primary N) is 1. The van der Waals surface area contributed by atoms with Gasteiger partial charge in [-0.1, -0.05) is 11.6 Å². The van der Waals surface area contributed by atoms with E-state index in [1.807, 2.05) is 6.92 Å². The van der Waals surface area contributed by atoms with Gasteiger partial charge in [-0.25, -0.2) is 4.98 Å². The maximum absolute atomic E-state index is 12.0. The number of aromatic nitrogens is 2. The predicted molar refractivity (Wildman–Crippen MR) is 71.7 cm³/mol. The summed E-state index contributed by atoms with van der Waals surface area (Å²) in [5.74, 6) is 0.151. The van der Waals surface area contributed by atoms with Crippen LogP contribution in [0.2, 0.25) is 5.02 Å². The zero-order chi connectivity index (χ0) is 13.1. The number of aryl methyl sites for hydroxylation is 1. The predicted octanol–water partition coefficient (Wildman–Crippen LogP) is 2.39.